The Bertz CT molecular complexity index is 625. The van der Waals surface area contributed by atoms with Gasteiger partial charge in [0.05, 0.1) is 5.69 Å². The standard InChI is InChI=1S/C16H26N2O2S/c1-5-13-8-9-14(12(13)4)18-21(19,20)16-11(3)7-6-10(2)15(16)17/h6-7,12-14,18H,5,8-9,17H2,1-4H3. The second kappa shape index (κ2) is 5.97. The summed E-state index contributed by atoms with van der Waals surface area (Å²) < 4.78 is 28.3. The van der Waals surface area contributed by atoms with Crippen LogP contribution in [0.4, 0.5) is 5.69 Å². The first kappa shape index (κ1) is 16.3. The number of hydrogen-bond acceptors (Lipinski definition) is 3. The molecular weight excluding hydrogens is 284 g/mol. The highest BCUT2D eigenvalue weighted by molar-refractivity contribution is 7.89. The molecule has 0 spiro atoms. The molecule has 1 fully saturated rings. The van der Waals surface area contributed by atoms with Gasteiger partial charge in [0.2, 0.25) is 10.0 Å². The largest absolute Gasteiger partial charge is 0.397 e. The lowest BCUT2D eigenvalue weighted by atomic mass is 9.94. The number of nitrogens with two attached hydrogens (primary N) is 1. The summed E-state index contributed by atoms with van der Waals surface area (Å²) in [6.45, 7) is 7.93. The van der Waals surface area contributed by atoms with Gasteiger partial charge in [-0.2, -0.15) is 0 Å². The predicted molar refractivity (Wildman–Crippen MR) is 86.6 cm³/mol. The second-order valence-electron chi connectivity index (χ2n) is 6.27. The van der Waals surface area contributed by atoms with Gasteiger partial charge >= 0.3 is 0 Å². The van der Waals surface area contributed by atoms with Crippen molar-refractivity contribution >= 4 is 15.7 Å². The van der Waals surface area contributed by atoms with Crippen LogP contribution in [-0.4, -0.2) is 14.5 Å². The molecule has 0 amide bonds. The quantitative estimate of drug-likeness (QED) is 0.840. The van der Waals surface area contributed by atoms with Crippen molar-refractivity contribution in [3.05, 3.63) is 23.3 Å². The van der Waals surface area contributed by atoms with Crippen molar-refractivity contribution in [3.8, 4) is 0 Å². The molecular formula is C16H26N2O2S. The monoisotopic (exact) mass is 310 g/mol. The number of hydrogen-bond donors (Lipinski definition) is 2. The first-order chi connectivity index (χ1) is 9.77. The van der Waals surface area contributed by atoms with E-state index in [9.17, 15) is 8.42 Å². The number of nitrogens with one attached hydrogen (secondary N) is 1. The molecule has 3 N–H and O–H groups in total. The summed E-state index contributed by atoms with van der Waals surface area (Å²) in [4.78, 5) is 0.245. The Hall–Kier alpha value is -1.07. The SMILES string of the molecule is CCC1CCC(NS(=O)(=O)c2c(C)ccc(C)c2N)C1C. The van der Waals surface area contributed by atoms with Crippen LogP contribution >= 0.6 is 0 Å². The van der Waals surface area contributed by atoms with Gasteiger partial charge in [-0.05, 0) is 49.7 Å². The van der Waals surface area contributed by atoms with Crippen molar-refractivity contribution in [3.63, 3.8) is 0 Å². The molecule has 4 nitrogen and oxygen atoms in total. The number of aryl methyl sites for hydroxylation is 2. The minimum absolute atomic E-state index is 0.0132. The highest BCUT2D eigenvalue weighted by Crippen LogP contribution is 2.35. The van der Waals surface area contributed by atoms with E-state index in [1.165, 1.54) is 0 Å². The molecule has 3 unspecified atom stereocenters. The molecule has 21 heavy (non-hydrogen) atoms. The number of rotatable bonds is 4. The van der Waals surface area contributed by atoms with Crippen LogP contribution in [0.2, 0.25) is 0 Å². The van der Waals surface area contributed by atoms with E-state index in [1.54, 1.807) is 6.92 Å². The Morgan fingerprint density at radius 1 is 1.24 bits per heavy atom. The third kappa shape index (κ3) is 3.09. The molecule has 118 valence electrons. The van der Waals surface area contributed by atoms with E-state index in [1.807, 2.05) is 19.1 Å². The Balaban J connectivity index is 2.30. The maximum atomic E-state index is 12.7. The van der Waals surface area contributed by atoms with Crippen LogP contribution in [0.5, 0.6) is 0 Å². The summed E-state index contributed by atoms with van der Waals surface area (Å²) in [6.07, 6.45) is 3.10. The van der Waals surface area contributed by atoms with Gasteiger partial charge in [-0.15, -0.1) is 0 Å². The predicted octanol–water partition coefficient (Wildman–Crippen LogP) is 2.99. The zero-order chi connectivity index (χ0) is 15.8. The van der Waals surface area contributed by atoms with E-state index < -0.39 is 10.0 Å². The van der Waals surface area contributed by atoms with Gasteiger partial charge in [0.25, 0.3) is 0 Å². The number of benzene rings is 1. The molecule has 0 aliphatic heterocycles. The Labute approximate surface area is 128 Å². The topological polar surface area (TPSA) is 72.2 Å². The van der Waals surface area contributed by atoms with Crippen molar-refractivity contribution in [1.82, 2.24) is 4.72 Å². The average Bonchev–Trinajstić information content (AvgIpc) is 2.74. The summed E-state index contributed by atoms with van der Waals surface area (Å²) in [5.74, 6) is 0.977. The molecule has 1 aliphatic rings. The molecule has 1 aromatic carbocycles. The minimum Gasteiger partial charge on any atom is -0.397 e. The van der Waals surface area contributed by atoms with Crippen LogP contribution in [0.25, 0.3) is 0 Å². The third-order valence-electron chi connectivity index (χ3n) is 4.94. The molecule has 3 atom stereocenters. The van der Waals surface area contributed by atoms with Gasteiger partial charge in [-0.25, -0.2) is 13.1 Å². The maximum Gasteiger partial charge on any atom is 0.243 e. The van der Waals surface area contributed by atoms with Gasteiger partial charge in [-0.3, -0.25) is 0 Å². The summed E-state index contributed by atoms with van der Waals surface area (Å²) >= 11 is 0. The second-order valence-corrected chi connectivity index (χ2v) is 7.93. The van der Waals surface area contributed by atoms with E-state index in [4.69, 9.17) is 5.73 Å². The van der Waals surface area contributed by atoms with E-state index >= 15 is 0 Å². The number of sulfonamides is 1. The van der Waals surface area contributed by atoms with Gasteiger partial charge in [-0.1, -0.05) is 32.4 Å². The van der Waals surface area contributed by atoms with Crippen molar-refractivity contribution in [1.29, 1.82) is 0 Å². The summed E-state index contributed by atoms with van der Waals surface area (Å²) in [5, 5.41) is 0. The highest BCUT2D eigenvalue weighted by Gasteiger charge is 2.35. The molecule has 0 bridgehead atoms. The fraction of sp³-hybridized carbons (Fsp3) is 0.625. The van der Waals surface area contributed by atoms with Crippen LogP contribution in [0, 0.1) is 25.7 Å². The minimum atomic E-state index is -3.57. The van der Waals surface area contributed by atoms with Gasteiger partial charge in [0.15, 0.2) is 0 Å². The first-order valence-corrected chi connectivity index (χ1v) is 9.14. The molecule has 0 radical (unpaired) electrons. The summed E-state index contributed by atoms with van der Waals surface area (Å²) in [7, 11) is -3.57. The van der Waals surface area contributed by atoms with Crippen LogP contribution in [0.15, 0.2) is 17.0 Å². The fourth-order valence-electron chi connectivity index (χ4n) is 3.41. The maximum absolute atomic E-state index is 12.7. The Morgan fingerprint density at radius 3 is 2.43 bits per heavy atom. The Morgan fingerprint density at radius 2 is 1.86 bits per heavy atom. The zero-order valence-electron chi connectivity index (χ0n) is 13.3. The molecule has 0 saturated heterocycles. The third-order valence-corrected chi connectivity index (χ3v) is 6.63. The molecule has 1 aromatic rings. The van der Waals surface area contributed by atoms with Crippen molar-refractivity contribution in [2.45, 2.75) is 57.9 Å². The van der Waals surface area contributed by atoms with Crippen molar-refractivity contribution in [2.75, 3.05) is 5.73 Å². The fourth-order valence-corrected chi connectivity index (χ4v) is 5.20. The number of anilines is 1. The van der Waals surface area contributed by atoms with Crippen molar-refractivity contribution in [2.24, 2.45) is 11.8 Å². The van der Waals surface area contributed by atoms with Crippen LogP contribution in [0.3, 0.4) is 0 Å². The average molecular weight is 310 g/mol. The van der Waals surface area contributed by atoms with Crippen molar-refractivity contribution < 1.29 is 8.42 Å². The molecule has 5 heteroatoms. The smallest absolute Gasteiger partial charge is 0.243 e. The van der Waals surface area contributed by atoms with Gasteiger partial charge in [0, 0.05) is 6.04 Å². The molecule has 0 heterocycles. The van der Waals surface area contributed by atoms with E-state index in [-0.39, 0.29) is 10.9 Å². The molecule has 1 saturated carbocycles. The summed E-state index contributed by atoms with van der Waals surface area (Å²) in [6, 6.07) is 3.68. The van der Waals surface area contributed by atoms with Crippen LogP contribution in [0.1, 0.15) is 44.2 Å². The number of nitrogen functional groups attached to an aromatic ring is 1. The van der Waals surface area contributed by atoms with Gasteiger partial charge in [0.1, 0.15) is 4.90 Å². The molecule has 1 aliphatic carbocycles. The summed E-state index contributed by atoms with van der Waals surface area (Å²) in [5.41, 5.74) is 7.87. The van der Waals surface area contributed by atoms with E-state index in [0.29, 0.717) is 23.1 Å². The lowest BCUT2D eigenvalue weighted by Gasteiger charge is -2.22. The first-order valence-electron chi connectivity index (χ1n) is 7.66. The highest BCUT2D eigenvalue weighted by atomic mass is 32.2. The van der Waals surface area contributed by atoms with E-state index in [2.05, 4.69) is 18.6 Å². The van der Waals surface area contributed by atoms with Crippen LogP contribution < -0.4 is 10.5 Å². The lowest BCUT2D eigenvalue weighted by molar-refractivity contribution is 0.368. The molecule has 0 aromatic heterocycles. The Kier molecular flexibility index (Phi) is 4.63. The molecule has 2 rings (SSSR count). The normalized spacial score (nSPS) is 26.2. The zero-order valence-corrected chi connectivity index (χ0v) is 14.1. The lowest BCUT2D eigenvalue weighted by Crippen LogP contribution is -2.38. The van der Waals surface area contributed by atoms with Crippen LogP contribution in [-0.2, 0) is 10.0 Å². The van der Waals surface area contributed by atoms with Gasteiger partial charge < -0.3 is 5.73 Å². The van der Waals surface area contributed by atoms with E-state index in [0.717, 1.165) is 24.8 Å².